The van der Waals surface area contributed by atoms with E-state index in [4.69, 9.17) is 11.5 Å². The zero-order valence-electron chi connectivity index (χ0n) is 18.5. The Kier molecular flexibility index (Phi) is 9.18. The third-order valence-electron chi connectivity index (χ3n) is 5.43. The van der Waals surface area contributed by atoms with E-state index in [0.717, 1.165) is 39.0 Å². The van der Waals surface area contributed by atoms with E-state index in [0.29, 0.717) is 59.8 Å². The standard InChI is InChI=1S/C24H34N6O2/c25-9-3-11-27-13-15-29-19-7-8-20(30-16-14-28-12-4-10-26)22-21(19)23(31)17-5-1-2-6-18(17)24(22)32/h1-2,5-8,27-30H,3-4,9-16,25-26H2. The first-order valence-corrected chi connectivity index (χ1v) is 11.3. The van der Waals surface area contributed by atoms with E-state index in [1.165, 1.54) is 0 Å². The van der Waals surface area contributed by atoms with Crippen LogP contribution in [0.4, 0.5) is 11.4 Å². The van der Waals surface area contributed by atoms with Crippen molar-refractivity contribution in [3.63, 3.8) is 0 Å². The maximum Gasteiger partial charge on any atom is 0.196 e. The average molecular weight is 439 g/mol. The molecule has 8 N–H and O–H groups in total. The smallest absolute Gasteiger partial charge is 0.196 e. The number of hydrogen-bond acceptors (Lipinski definition) is 8. The van der Waals surface area contributed by atoms with Crippen LogP contribution in [0.2, 0.25) is 0 Å². The molecule has 8 heteroatoms. The van der Waals surface area contributed by atoms with E-state index in [2.05, 4.69) is 21.3 Å². The summed E-state index contributed by atoms with van der Waals surface area (Å²) in [6.45, 7) is 5.76. The lowest BCUT2D eigenvalue weighted by atomic mass is 9.82. The molecule has 3 rings (SSSR count). The van der Waals surface area contributed by atoms with Gasteiger partial charge < -0.3 is 32.7 Å². The van der Waals surface area contributed by atoms with Crippen LogP contribution in [0.15, 0.2) is 36.4 Å². The molecule has 0 saturated heterocycles. The number of nitrogens with one attached hydrogen (secondary N) is 4. The monoisotopic (exact) mass is 438 g/mol. The van der Waals surface area contributed by atoms with Crippen LogP contribution in [-0.2, 0) is 0 Å². The molecule has 2 aromatic rings. The number of fused-ring (bicyclic) bond motifs is 2. The summed E-state index contributed by atoms with van der Waals surface area (Å²) in [4.78, 5) is 26.8. The second-order valence-corrected chi connectivity index (χ2v) is 7.75. The van der Waals surface area contributed by atoms with E-state index in [1.54, 1.807) is 24.3 Å². The van der Waals surface area contributed by atoms with Crippen molar-refractivity contribution in [2.24, 2.45) is 11.5 Å². The van der Waals surface area contributed by atoms with Gasteiger partial charge in [-0.25, -0.2) is 0 Å². The topological polar surface area (TPSA) is 134 Å². The second kappa shape index (κ2) is 12.3. The number of carbonyl (C=O) groups excluding carboxylic acids is 2. The molecule has 0 unspecified atom stereocenters. The minimum Gasteiger partial charge on any atom is -0.383 e. The number of rotatable bonds is 14. The van der Waals surface area contributed by atoms with E-state index in [1.807, 2.05) is 12.1 Å². The van der Waals surface area contributed by atoms with E-state index < -0.39 is 0 Å². The van der Waals surface area contributed by atoms with E-state index in [-0.39, 0.29) is 11.6 Å². The summed E-state index contributed by atoms with van der Waals surface area (Å²) in [6, 6.07) is 10.8. The highest BCUT2D eigenvalue weighted by molar-refractivity contribution is 6.31. The molecule has 32 heavy (non-hydrogen) atoms. The van der Waals surface area contributed by atoms with Crippen LogP contribution >= 0.6 is 0 Å². The van der Waals surface area contributed by atoms with Gasteiger partial charge in [0, 0.05) is 48.7 Å². The van der Waals surface area contributed by atoms with Gasteiger partial charge in [-0.05, 0) is 51.2 Å². The van der Waals surface area contributed by atoms with Crippen LogP contribution in [-0.4, -0.2) is 63.9 Å². The van der Waals surface area contributed by atoms with Crippen molar-refractivity contribution in [3.05, 3.63) is 58.7 Å². The average Bonchev–Trinajstić information content (AvgIpc) is 2.82. The van der Waals surface area contributed by atoms with Crippen LogP contribution in [0.1, 0.15) is 44.7 Å². The Morgan fingerprint density at radius 3 is 1.44 bits per heavy atom. The molecule has 0 aliphatic heterocycles. The molecule has 0 atom stereocenters. The maximum atomic E-state index is 13.4. The van der Waals surface area contributed by atoms with Crippen molar-refractivity contribution in [2.75, 3.05) is 63.0 Å². The molecular formula is C24H34N6O2. The quantitative estimate of drug-likeness (QED) is 0.207. The summed E-state index contributed by atoms with van der Waals surface area (Å²) in [6.07, 6.45) is 1.83. The fourth-order valence-corrected chi connectivity index (χ4v) is 3.79. The largest absolute Gasteiger partial charge is 0.383 e. The van der Waals surface area contributed by atoms with Gasteiger partial charge >= 0.3 is 0 Å². The van der Waals surface area contributed by atoms with E-state index >= 15 is 0 Å². The molecule has 0 saturated carbocycles. The number of carbonyl (C=O) groups is 2. The molecule has 0 bridgehead atoms. The van der Waals surface area contributed by atoms with Gasteiger partial charge in [-0.15, -0.1) is 0 Å². The van der Waals surface area contributed by atoms with Gasteiger partial charge in [0.05, 0.1) is 11.1 Å². The molecule has 0 radical (unpaired) electrons. The molecule has 1 aliphatic carbocycles. The molecule has 172 valence electrons. The predicted octanol–water partition coefficient (Wildman–Crippen LogP) is 1.16. The third-order valence-corrected chi connectivity index (χ3v) is 5.43. The van der Waals surface area contributed by atoms with Crippen molar-refractivity contribution < 1.29 is 9.59 Å². The predicted molar refractivity (Wildman–Crippen MR) is 130 cm³/mol. The molecule has 2 aromatic carbocycles. The van der Waals surface area contributed by atoms with Crippen LogP contribution in [0.5, 0.6) is 0 Å². The van der Waals surface area contributed by atoms with E-state index in [9.17, 15) is 9.59 Å². The van der Waals surface area contributed by atoms with Crippen LogP contribution in [0.3, 0.4) is 0 Å². The zero-order chi connectivity index (χ0) is 22.8. The fourth-order valence-electron chi connectivity index (χ4n) is 3.79. The van der Waals surface area contributed by atoms with Gasteiger partial charge in [0.25, 0.3) is 0 Å². The van der Waals surface area contributed by atoms with Crippen LogP contribution < -0.4 is 32.7 Å². The lowest BCUT2D eigenvalue weighted by Gasteiger charge is -2.24. The Hall–Kier alpha value is -2.78. The summed E-state index contributed by atoms with van der Waals surface area (Å²) in [5.41, 5.74) is 14.2. The first-order valence-electron chi connectivity index (χ1n) is 11.3. The van der Waals surface area contributed by atoms with Crippen LogP contribution in [0, 0.1) is 0 Å². The number of hydrogen-bond donors (Lipinski definition) is 6. The molecule has 0 fully saturated rings. The first kappa shape index (κ1) is 23.9. The number of nitrogens with two attached hydrogens (primary N) is 2. The number of ketones is 2. The second-order valence-electron chi connectivity index (χ2n) is 7.75. The Bertz CT molecular complexity index is 857. The Morgan fingerprint density at radius 2 is 1.03 bits per heavy atom. The van der Waals surface area contributed by atoms with Crippen molar-refractivity contribution in [1.82, 2.24) is 10.6 Å². The minimum atomic E-state index is -0.126. The van der Waals surface area contributed by atoms with Gasteiger partial charge in [-0.3, -0.25) is 9.59 Å². The number of benzene rings is 2. The van der Waals surface area contributed by atoms with Gasteiger partial charge in [0.1, 0.15) is 0 Å². The molecule has 0 aromatic heterocycles. The normalized spacial score (nSPS) is 12.4. The molecular weight excluding hydrogens is 404 g/mol. The molecule has 1 aliphatic rings. The SMILES string of the molecule is NCCCNCCNc1ccc(NCCNCCCN)c2c1C(=O)c1ccccc1C2=O. The zero-order valence-corrected chi connectivity index (χ0v) is 18.5. The van der Waals surface area contributed by atoms with Crippen molar-refractivity contribution in [1.29, 1.82) is 0 Å². The molecule has 0 amide bonds. The molecule has 8 nitrogen and oxygen atoms in total. The lowest BCUT2D eigenvalue weighted by Crippen LogP contribution is -2.28. The summed E-state index contributed by atoms with van der Waals surface area (Å²) < 4.78 is 0. The van der Waals surface area contributed by atoms with Gasteiger partial charge in [-0.2, -0.15) is 0 Å². The van der Waals surface area contributed by atoms with Crippen molar-refractivity contribution in [3.8, 4) is 0 Å². The Morgan fingerprint density at radius 1 is 0.594 bits per heavy atom. The fraction of sp³-hybridized carbons (Fsp3) is 0.417. The highest BCUT2D eigenvalue weighted by atomic mass is 16.1. The van der Waals surface area contributed by atoms with Crippen LogP contribution in [0.25, 0.3) is 0 Å². The molecule has 0 spiro atoms. The number of anilines is 2. The van der Waals surface area contributed by atoms with Gasteiger partial charge in [0.2, 0.25) is 0 Å². The summed E-state index contributed by atoms with van der Waals surface area (Å²) in [7, 11) is 0. The third kappa shape index (κ3) is 5.72. The summed E-state index contributed by atoms with van der Waals surface area (Å²) >= 11 is 0. The Labute approximate surface area is 189 Å². The summed E-state index contributed by atoms with van der Waals surface area (Å²) in [5.74, 6) is -0.253. The van der Waals surface area contributed by atoms with Gasteiger partial charge in [-0.1, -0.05) is 24.3 Å². The highest BCUT2D eigenvalue weighted by Gasteiger charge is 2.33. The van der Waals surface area contributed by atoms with Gasteiger partial charge in [0.15, 0.2) is 11.6 Å². The Balaban J connectivity index is 1.79. The lowest BCUT2D eigenvalue weighted by molar-refractivity contribution is 0.0980. The minimum absolute atomic E-state index is 0.126. The van der Waals surface area contributed by atoms with Crippen molar-refractivity contribution >= 4 is 22.9 Å². The first-order chi connectivity index (χ1) is 15.7. The molecule has 0 heterocycles. The summed E-state index contributed by atoms with van der Waals surface area (Å²) in [5, 5.41) is 13.3. The maximum absolute atomic E-state index is 13.4. The highest BCUT2D eigenvalue weighted by Crippen LogP contribution is 2.36. The van der Waals surface area contributed by atoms with Crippen molar-refractivity contribution in [2.45, 2.75) is 12.8 Å².